The van der Waals surface area contributed by atoms with E-state index in [4.69, 9.17) is 0 Å². The smallest absolute Gasteiger partial charge is 0.326 e. The van der Waals surface area contributed by atoms with E-state index in [9.17, 15) is 14.7 Å². The summed E-state index contributed by atoms with van der Waals surface area (Å²) in [4.78, 5) is 25.2. The third-order valence-corrected chi connectivity index (χ3v) is 6.13. The fraction of sp³-hybridized carbons (Fsp3) is 0.684. The standard InChI is InChI=1S/C19H29NO3S/c1-5-6-7-15(18(22)23)20-17(21)14-11-24-16-10-12(19(2,3)4)8-9-13(14)16/h11-12,15H,5-10H2,1-4H3,(H,20,21)(H,22,23). The predicted octanol–water partition coefficient (Wildman–Crippen LogP) is 4.27. The van der Waals surface area contributed by atoms with Crippen LogP contribution in [0.25, 0.3) is 0 Å². The lowest BCUT2D eigenvalue weighted by Crippen LogP contribution is -2.41. The minimum Gasteiger partial charge on any atom is -0.480 e. The molecule has 0 spiro atoms. The van der Waals surface area contributed by atoms with Crippen LogP contribution in [0, 0.1) is 11.3 Å². The maximum Gasteiger partial charge on any atom is 0.326 e. The van der Waals surface area contributed by atoms with E-state index in [1.165, 1.54) is 4.88 Å². The zero-order chi connectivity index (χ0) is 17.9. The van der Waals surface area contributed by atoms with Gasteiger partial charge in [-0.1, -0.05) is 40.5 Å². The van der Waals surface area contributed by atoms with Crippen molar-refractivity contribution in [2.24, 2.45) is 11.3 Å². The van der Waals surface area contributed by atoms with Crippen LogP contribution in [0.5, 0.6) is 0 Å². The summed E-state index contributed by atoms with van der Waals surface area (Å²) < 4.78 is 0. The Balaban J connectivity index is 2.10. The Morgan fingerprint density at radius 2 is 2.12 bits per heavy atom. The van der Waals surface area contributed by atoms with Crippen LogP contribution in [0.2, 0.25) is 0 Å². The summed E-state index contributed by atoms with van der Waals surface area (Å²) in [5.74, 6) is -0.546. The van der Waals surface area contributed by atoms with Gasteiger partial charge in [0.2, 0.25) is 0 Å². The van der Waals surface area contributed by atoms with Crippen molar-refractivity contribution < 1.29 is 14.7 Å². The first kappa shape index (κ1) is 19.0. The molecular formula is C19H29NO3S. The highest BCUT2D eigenvalue weighted by atomic mass is 32.1. The number of carboxylic acid groups (broad SMARTS) is 1. The summed E-state index contributed by atoms with van der Waals surface area (Å²) in [6.07, 6.45) is 5.22. The molecule has 2 unspecified atom stereocenters. The number of hydrogen-bond acceptors (Lipinski definition) is 3. The second-order valence-corrected chi connectivity index (χ2v) is 8.83. The van der Waals surface area contributed by atoms with Gasteiger partial charge in [-0.05, 0) is 42.6 Å². The Bertz CT molecular complexity index is 600. The Morgan fingerprint density at radius 3 is 2.71 bits per heavy atom. The molecule has 0 saturated heterocycles. The molecule has 0 saturated carbocycles. The molecule has 134 valence electrons. The van der Waals surface area contributed by atoms with Crippen molar-refractivity contribution in [1.29, 1.82) is 0 Å². The Morgan fingerprint density at radius 1 is 1.42 bits per heavy atom. The molecule has 24 heavy (non-hydrogen) atoms. The molecule has 0 radical (unpaired) electrons. The van der Waals surface area contributed by atoms with Gasteiger partial charge in [0.25, 0.3) is 5.91 Å². The lowest BCUT2D eigenvalue weighted by molar-refractivity contribution is -0.139. The van der Waals surface area contributed by atoms with Gasteiger partial charge in [0.15, 0.2) is 0 Å². The maximum absolute atomic E-state index is 12.6. The minimum atomic E-state index is -0.950. The summed E-state index contributed by atoms with van der Waals surface area (Å²) in [6.45, 7) is 8.83. The predicted molar refractivity (Wildman–Crippen MR) is 97.7 cm³/mol. The van der Waals surface area contributed by atoms with Crippen LogP contribution in [0.4, 0.5) is 0 Å². The molecule has 2 rings (SSSR count). The molecule has 1 amide bonds. The van der Waals surface area contributed by atoms with Gasteiger partial charge >= 0.3 is 5.97 Å². The number of unbranched alkanes of at least 4 members (excludes halogenated alkanes) is 1. The van der Waals surface area contributed by atoms with Crippen LogP contribution in [-0.2, 0) is 17.6 Å². The average molecular weight is 352 g/mol. The molecule has 0 aliphatic heterocycles. The summed E-state index contributed by atoms with van der Waals surface area (Å²) in [7, 11) is 0. The normalized spacial score (nSPS) is 18.8. The highest BCUT2D eigenvalue weighted by molar-refractivity contribution is 7.10. The molecule has 1 heterocycles. The molecule has 4 nitrogen and oxygen atoms in total. The van der Waals surface area contributed by atoms with E-state index in [1.54, 1.807) is 11.3 Å². The number of rotatable bonds is 6. The first-order chi connectivity index (χ1) is 11.2. The van der Waals surface area contributed by atoms with Gasteiger partial charge in [-0.3, -0.25) is 4.79 Å². The van der Waals surface area contributed by atoms with Gasteiger partial charge in [-0.2, -0.15) is 0 Å². The van der Waals surface area contributed by atoms with Crippen LogP contribution in [0.1, 0.15) is 74.2 Å². The van der Waals surface area contributed by atoms with Gasteiger partial charge < -0.3 is 10.4 Å². The number of aliphatic carboxylic acids is 1. The fourth-order valence-electron chi connectivity index (χ4n) is 3.34. The average Bonchev–Trinajstić information content (AvgIpc) is 2.93. The fourth-order valence-corrected chi connectivity index (χ4v) is 4.50. The van der Waals surface area contributed by atoms with E-state index in [1.807, 2.05) is 12.3 Å². The van der Waals surface area contributed by atoms with Gasteiger partial charge in [0.1, 0.15) is 6.04 Å². The molecule has 2 atom stereocenters. The number of hydrogen-bond donors (Lipinski definition) is 2. The third-order valence-electron chi connectivity index (χ3n) is 5.07. The van der Waals surface area contributed by atoms with Crippen molar-refractivity contribution in [3.8, 4) is 0 Å². The van der Waals surface area contributed by atoms with E-state index in [0.717, 1.165) is 37.7 Å². The molecule has 5 heteroatoms. The zero-order valence-electron chi connectivity index (χ0n) is 15.1. The molecule has 1 aromatic rings. The molecule has 1 aliphatic rings. The van der Waals surface area contributed by atoms with E-state index >= 15 is 0 Å². The van der Waals surface area contributed by atoms with E-state index in [0.29, 0.717) is 17.9 Å². The van der Waals surface area contributed by atoms with Crippen LogP contribution >= 0.6 is 11.3 Å². The second-order valence-electron chi connectivity index (χ2n) is 7.86. The van der Waals surface area contributed by atoms with Crippen molar-refractivity contribution >= 4 is 23.2 Å². The van der Waals surface area contributed by atoms with Crippen LogP contribution in [-0.4, -0.2) is 23.0 Å². The lowest BCUT2D eigenvalue weighted by Gasteiger charge is -2.34. The third kappa shape index (κ3) is 4.38. The van der Waals surface area contributed by atoms with Crippen LogP contribution in [0.15, 0.2) is 5.38 Å². The second kappa shape index (κ2) is 7.68. The topological polar surface area (TPSA) is 66.4 Å². The molecular weight excluding hydrogens is 322 g/mol. The van der Waals surface area contributed by atoms with Crippen molar-refractivity contribution in [3.63, 3.8) is 0 Å². The monoisotopic (exact) mass is 351 g/mol. The van der Waals surface area contributed by atoms with E-state index in [2.05, 4.69) is 26.1 Å². The van der Waals surface area contributed by atoms with Crippen molar-refractivity contribution in [2.75, 3.05) is 0 Å². The number of carboxylic acids is 1. The lowest BCUT2D eigenvalue weighted by atomic mass is 9.72. The molecule has 0 aromatic carbocycles. The summed E-state index contributed by atoms with van der Waals surface area (Å²) >= 11 is 1.65. The van der Waals surface area contributed by atoms with Crippen LogP contribution in [0.3, 0.4) is 0 Å². The molecule has 1 aliphatic carbocycles. The summed E-state index contributed by atoms with van der Waals surface area (Å²) in [5, 5.41) is 13.9. The molecule has 0 fully saturated rings. The van der Waals surface area contributed by atoms with Gasteiger partial charge in [-0.25, -0.2) is 4.79 Å². The largest absolute Gasteiger partial charge is 0.480 e. The Hall–Kier alpha value is -1.36. The van der Waals surface area contributed by atoms with E-state index in [-0.39, 0.29) is 11.3 Å². The molecule has 1 aromatic heterocycles. The summed E-state index contributed by atoms with van der Waals surface area (Å²) in [6, 6.07) is -0.793. The first-order valence-electron chi connectivity index (χ1n) is 8.87. The number of amides is 1. The van der Waals surface area contributed by atoms with E-state index < -0.39 is 12.0 Å². The minimum absolute atomic E-state index is 0.231. The van der Waals surface area contributed by atoms with Crippen molar-refractivity contribution in [1.82, 2.24) is 5.32 Å². The quantitative estimate of drug-likeness (QED) is 0.804. The molecule has 0 bridgehead atoms. The van der Waals surface area contributed by atoms with Gasteiger partial charge in [-0.15, -0.1) is 11.3 Å². The number of nitrogens with one attached hydrogen (secondary N) is 1. The van der Waals surface area contributed by atoms with Crippen molar-refractivity contribution in [2.45, 2.75) is 72.3 Å². The Labute approximate surface area is 148 Å². The highest BCUT2D eigenvalue weighted by Crippen LogP contribution is 2.40. The van der Waals surface area contributed by atoms with Gasteiger partial charge in [0, 0.05) is 10.3 Å². The van der Waals surface area contributed by atoms with Crippen molar-refractivity contribution in [3.05, 3.63) is 21.4 Å². The summed E-state index contributed by atoms with van der Waals surface area (Å²) in [5.41, 5.74) is 2.10. The number of thiophene rings is 1. The van der Waals surface area contributed by atoms with Gasteiger partial charge in [0.05, 0.1) is 5.56 Å². The zero-order valence-corrected chi connectivity index (χ0v) is 16.0. The SMILES string of the molecule is CCCCC(NC(=O)c1csc2c1CCC(C(C)(C)C)C2)C(=O)O. The highest BCUT2D eigenvalue weighted by Gasteiger charge is 2.32. The number of fused-ring (bicyclic) bond motifs is 1. The first-order valence-corrected chi connectivity index (χ1v) is 9.74. The maximum atomic E-state index is 12.6. The molecule has 2 N–H and O–H groups in total. The number of carbonyl (C=O) groups excluding carboxylic acids is 1. The number of carbonyl (C=O) groups is 2. The Kier molecular flexibility index (Phi) is 6.07. The van der Waals surface area contributed by atoms with Crippen LogP contribution < -0.4 is 5.32 Å².